The molecule has 0 saturated heterocycles. The van der Waals surface area contributed by atoms with Gasteiger partial charge in [-0.05, 0) is 25.6 Å². The number of hydrogen-bond acceptors (Lipinski definition) is 2. The molecular formula is C6H12OS. The minimum atomic E-state index is 0.285. The number of thiocarbonyl (C=S) groups is 1. The summed E-state index contributed by atoms with van der Waals surface area (Å²) in [5.74, 6) is 0. The summed E-state index contributed by atoms with van der Waals surface area (Å²) in [6, 6.07) is 0. The fraction of sp³-hybridized carbons (Fsp3) is 0.833. The van der Waals surface area contributed by atoms with Crippen molar-refractivity contribution < 1.29 is 4.74 Å². The predicted molar refractivity (Wildman–Crippen MR) is 39.1 cm³/mol. The van der Waals surface area contributed by atoms with Crippen molar-refractivity contribution in [2.24, 2.45) is 0 Å². The van der Waals surface area contributed by atoms with Gasteiger partial charge in [-0.1, -0.05) is 6.92 Å². The van der Waals surface area contributed by atoms with E-state index < -0.39 is 0 Å². The molecule has 1 nitrogen and oxygen atoms in total. The van der Waals surface area contributed by atoms with Crippen LogP contribution in [0.5, 0.6) is 0 Å². The molecule has 1 atom stereocenters. The highest BCUT2D eigenvalue weighted by Gasteiger charge is 1.96. The number of hydrogen-bond donors (Lipinski definition) is 0. The van der Waals surface area contributed by atoms with Crippen LogP contribution in [0.3, 0.4) is 0 Å². The summed E-state index contributed by atoms with van der Waals surface area (Å²) in [7, 11) is 0. The highest BCUT2D eigenvalue weighted by atomic mass is 32.1. The first-order chi connectivity index (χ1) is 3.66. The highest BCUT2D eigenvalue weighted by Crippen LogP contribution is 1.95. The van der Waals surface area contributed by atoms with Crippen molar-refractivity contribution in [2.45, 2.75) is 33.3 Å². The normalized spacial score (nSPS) is 12.9. The van der Waals surface area contributed by atoms with Crippen LogP contribution in [0, 0.1) is 0 Å². The van der Waals surface area contributed by atoms with Gasteiger partial charge in [0.15, 0.2) is 5.05 Å². The minimum Gasteiger partial charge on any atom is -0.485 e. The summed E-state index contributed by atoms with van der Waals surface area (Å²) in [4.78, 5) is 0. The number of rotatable bonds is 2. The minimum absolute atomic E-state index is 0.285. The molecular weight excluding hydrogens is 120 g/mol. The molecule has 0 aromatic heterocycles. The lowest BCUT2D eigenvalue weighted by Gasteiger charge is -2.08. The van der Waals surface area contributed by atoms with E-state index in [2.05, 4.69) is 6.92 Å². The molecule has 8 heavy (non-hydrogen) atoms. The van der Waals surface area contributed by atoms with E-state index in [1.54, 1.807) is 6.92 Å². The van der Waals surface area contributed by atoms with Gasteiger partial charge in [-0.3, -0.25) is 0 Å². The molecule has 0 aromatic carbocycles. The van der Waals surface area contributed by atoms with Gasteiger partial charge in [0.1, 0.15) is 0 Å². The average molecular weight is 132 g/mol. The van der Waals surface area contributed by atoms with Crippen LogP contribution in [0.15, 0.2) is 0 Å². The fourth-order valence-electron chi connectivity index (χ4n) is 0.367. The van der Waals surface area contributed by atoms with Gasteiger partial charge in [-0.25, -0.2) is 0 Å². The second-order valence-electron chi connectivity index (χ2n) is 1.83. The molecule has 0 aliphatic rings. The maximum Gasteiger partial charge on any atom is 0.156 e. The first-order valence-corrected chi connectivity index (χ1v) is 3.24. The Labute approximate surface area is 56.0 Å². The van der Waals surface area contributed by atoms with Gasteiger partial charge in [0.05, 0.1) is 6.10 Å². The van der Waals surface area contributed by atoms with Gasteiger partial charge in [0, 0.05) is 6.92 Å². The van der Waals surface area contributed by atoms with Crippen molar-refractivity contribution in [1.82, 2.24) is 0 Å². The SMILES string of the molecule is CCC(C)OC(C)=S. The van der Waals surface area contributed by atoms with Gasteiger partial charge in [-0.15, -0.1) is 0 Å². The molecule has 1 unspecified atom stereocenters. The third-order valence-corrected chi connectivity index (χ3v) is 1.04. The maximum atomic E-state index is 5.13. The molecule has 48 valence electrons. The molecule has 0 aromatic rings. The van der Waals surface area contributed by atoms with Crippen molar-refractivity contribution in [3.05, 3.63) is 0 Å². The Morgan fingerprint density at radius 2 is 2.25 bits per heavy atom. The van der Waals surface area contributed by atoms with E-state index in [1.807, 2.05) is 6.92 Å². The quantitative estimate of drug-likeness (QED) is 0.532. The van der Waals surface area contributed by atoms with Gasteiger partial charge >= 0.3 is 0 Å². The first-order valence-electron chi connectivity index (χ1n) is 2.84. The van der Waals surface area contributed by atoms with Crippen molar-refractivity contribution >= 4 is 17.3 Å². The van der Waals surface area contributed by atoms with Crippen LogP contribution in [0.1, 0.15) is 27.2 Å². The van der Waals surface area contributed by atoms with Crippen molar-refractivity contribution in [1.29, 1.82) is 0 Å². The molecule has 0 spiro atoms. The molecule has 0 fully saturated rings. The predicted octanol–water partition coefficient (Wildman–Crippen LogP) is 2.15. The monoisotopic (exact) mass is 132 g/mol. The highest BCUT2D eigenvalue weighted by molar-refractivity contribution is 7.80. The van der Waals surface area contributed by atoms with Gasteiger partial charge in [0.25, 0.3) is 0 Å². The van der Waals surface area contributed by atoms with E-state index in [9.17, 15) is 0 Å². The van der Waals surface area contributed by atoms with E-state index in [1.165, 1.54) is 0 Å². The Morgan fingerprint density at radius 3 is 2.38 bits per heavy atom. The van der Waals surface area contributed by atoms with Gasteiger partial charge < -0.3 is 4.74 Å². The lowest BCUT2D eigenvalue weighted by Crippen LogP contribution is -2.08. The topological polar surface area (TPSA) is 9.23 Å². The van der Waals surface area contributed by atoms with Crippen LogP contribution in [-0.2, 0) is 4.74 Å². The smallest absolute Gasteiger partial charge is 0.156 e. The molecule has 0 aliphatic carbocycles. The Hall–Kier alpha value is -0.110. The van der Waals surface area contributed by atoms with Crippen molar-refractivity contribution in [2.75, 3.05) is 0 Å². The zero-order valence-electron chi connectivity index (χ0n) is 5.60. The second kappa shape index (κ2) is 3.84. The Morgan fingerprint density at radius 1 is 1.75 bits per heavy atom. The Balaban J connectivity index is 3.24. The van der Waals surface area contributed by atoms with Gasteiger partial charge in [-0.2, -0.15) is 0 Å². The Bertz CT molecular complexity index is 80.6. The van der Waals surface area contributed by atoms with Crippen LogP contribution >= 0.6 is 12.2 Å². The third-order valence-electron chi connectivity index (χ3n) is 0.942. The van der Waals surface area contributed by atoms with E-state index >= 15 is 0 Å². The van der Waals surface area contributed by atoms with E-state index in [4.69, 9.17) is 17.0 Å². The molecule has 0 heterocycles. The summed E-state index contributed by atoms with van der Waals surface area (Å²) in [6.07, 6.45) is 1.31. The Kier molecular flexibility index (Phi) is 3.79. The summed E-state index contributed by atoms with van der Waals surface area (Å²) >= 11 is 4.72. The standard InChI is InChI=1S/C6H12OS/c1-4-5(2)7-6(3)8/h5H,4H2,1-3H3. The van der Waals surface area contributed by atoms with Crippen LogP contribution in [0.4, 0.5) is 0 Å². The molecule has 0 radical (unpaired) electrons. The van der Waals surface area contributed by atoms with E-state index in [0.29, 0.717) is 5.05 Å². The van der Waals surface area contributed by atoms with Crippen LogP contribution in [0.2, 0.25) is 0 Å². The summed E-state index contributed by atoms with van der Waals surface area (Å²) < 4.78 is 5.13. The molecule has 0 N–H and O–H groups in total. The molecule has 0 rings (SSSR count). The zero-order valence-corrected chi connectivity index (χ0v) is 6.42. The first kappa shape index (κ1) is 7.89. The molecule has 0 bridgehead atoms. The lowest BCUT2D eigenvalue weighted by molar-refractivity contribution is 0.208. The van der Waals surface area contributed by atoms with Crippen LogP contribution < -0.4 is 0 Å². The van der Waals surface area contributed by atoms with E-state index in [0.717, 1.165) is 6.42 Å². The molecule has 2 heteroatoms. The molecule has 0 saturated carbocycles. The fourth-order valence-corrected chi connectivity index (χ4v) is 0.531. The van der Waals surface area contributed by atoms with Gasteiger partial charge in [0.2, 0.25) is 0 Å². The molecule has 0 amide bonds. The van der Waals surface area contributed by atoms with Crippen molar-refractivity contribution in [3.8, 4) is 0 Å². The maximum absolute atomic E-state index is 5.13. The largest absolute Gasteiger partial charge is 0.485 e. The lowest BCUT2D eigenvalue weighted by atomic mass is 10.3. The second-order valence-corrected chi connectivity index (χ2v) is 2.40. The summed E-state index contributed by atoms with van der Waals surface area (Å²) in [5, 5.41) is 0.638. The summed E-state index contributed by atoms with van der Waals surface area (Å²) in [6.45, 7) is 5.88. The van der Waals surface area contributed by atoms with E-state index in [-0.39, 0.29) is 6.10 Å². The summed E-state index contributed by atoms with van der Waals surface area (Å²) in [5.41, 5.74) is 0. The van der Waals surface area contributed by atoms with Crippen LogP contribution in [0.25, 0.3) is 0 Å². The van der Waals surface area contributed by atoms with Crippen LogP contribution in [-0.4, -0.2) is 11.2 Å². The van der Waals surface area contributed by atoms with Crippen molar-refractivity contribution in [3.63, 3.8) is 0 Å². The zero-order chi connectivity index (χ0) is 6.57. The third kappa shape index (κ3) is 4.06. The average Bonchev–Trinajstić information content (AvgIpc) is 1.65. The number of ether oxygens (including phenoxy) is 1. The molecule has 0 aliphatic heterocycles.